The SMILES string of the molecule is Cc1nc(NC(C)c2cccc(C(F)F)c2F)c2c(C3CNCCO3)cc(OCC(F)F)nc2n1. The Morgan fingerprint density at radius 3 is 2.63 bits per heavy atom. The van der Waals surface area contributed by atoms with Crippen molar-refractivity contribution in [3.05, 3.63) is 52.6 Å². The Hall–Kier alpha value is -3.12. The predicted molar refractivity (Wildman–Crippen MR) is 119 cm³/mol. The molecule has 0 saturated carbocycles. The zero-order chi connectivity index (χ0) is 25.1. The quantitative estimate of drug-likeness (QED) is 0.429. The first-order valence-electron chi connectivity index (χ1n) is 11.0. The number of anilines is 1. The van der Waals surface area contributed by atoms with Crippen molar-refractivity contribution in [1.82, 2.24) is 20.3 Å². The van der Waals surface area contributed by atoms with E-state index in [1.54, 1.807) is 13.8 Å². The number of alkyl halides is 4. The van der Waals surface area contributed by atoms with Gasteiger partial charge in [0.05, 0.1) is 29.7 Å². The van der Waals surface area contributed by atoms with Gasteiger partial charge in [-0.25, -0.2) is 31.9 Å². The van der Waals surface area contributed by atoms with Crippen molar-refractivity contribution in [1.29, 1.82) is 0 Å². The van der Waals surface area contributed by atoms with E-state index in [4.69, 9.17) is 9.47 Å². The van der Waals surface area contributed by atoms with E-state index in [0.717, 1.165) is 6.07 Å². The average molecular weight is 497 g/mol. The van der Waals surface area contributed by atoms with E-state index in [1.807, 2.05) is 0 Å². The molecular weight excluding hydrogens is 473 g/mol. The molecule has 0 amide bonds. The fraction of sp³-hybridized carbons (Fsp3) is 0.435. The molecule has 188 valence electrons. The fourth-order valence-corrected chi connectivity index (χ4v) is 3.95. The largest absolute Gasteiger partial charge is 0.472 e. The molecule has 2 atom stereocenters. The summed E-state index contributed by atoms with van der Waals surface area (Å²) >= 11 is 0. The maximum Gasteiger partial charge on any atom is 0.272 e. The lowest BCUT2D eigenvalue weighted by atomic mass is 10.0. The smallest absolute Gasteiger partial charge is 0.272 e. The predicted octanol–water partition coefficient (Wildman–Crippen LogP) is 4.89. The van der Waals surface area contributed by atoms with Crippen LogP contribution in [0.5, 0.6) is 5.88 Å². The minimum absolute atomic E-state index is 0.0363. The van der Waals surface area contributed by atoms with Crippen LogP contribution in [0.2, 0.25) is 0 Å². The van der Waals surface area contributed by atoms with E-state index in [0.29, 0.717) is 36.5 Å². The van der Waals surface area contributed by atoms with Crippen LogP contribution in [0.1, 0.15) is 48.0 Å². The van der Waals surface area contributed by atoms with Crippen LogP contribution in [0, 0.1) is 12.7 Å². The molecule has 2 aromatic heterocycles. The van der Waals surface area contributed by atoms with Crippen molar-refractivity contribution in [3.8, 4) is 5.88 Å². The van der Waals surface area contributed by atoms with Crippen LogP contribution in [0.3, 0.4) is 0 Å². The molecule has 3 aromatic rings. The second-order valence-electron chi connectivity index (χ2n) is 8.05. The number of rotatable bonds is 8. The van der Waals surface area contributed by atoms with E-state index in [9.17, 15) is 22.0 Å². The molecule has 0 radical (unpaired) electrons. The van der Waals surface area contributed by atoms with Gasteiger partial charge in [-0.05, 0) is 13.8 Å². The van der Waals surface area contributed by atoms with Gasteiger partial charge in [-0.15, -0.1) is 0 Å². The van der Waals surface area contributed by atoms with E-state index in [-0.39, 0.29) is 22.9 Å². The van der Waals surface area contributed by atoms with Gasteiger partial charge in [0.15, 0.2) is 12.3 Å². The Balaban J connectivity index is 1.79. The topological polar surface area (TPSA) is 81.2 Å². The highest BCUT2D eigenvalue weighted by atomic mass is 19.3. The number of morpholine rings is 1. The first-order valence-corrected chi connectivity index (χ1v) is 11.0. The van der Waals surface area contributed by atoms with Gasteiger partial charge < -0.3 is 20.1 Å². The lowest BCUT2D eigenvalue weighted by Gasteiger charge is -2.26. The maximum absolute atomic E-state index is 14.8. The van der Waals surface area contributed by atoms with Crippen molar-refractivity contribution >= 4 is 16.9 Å². The maximum atomic E-state index is 14.8. The lowest BCUT2D eigenvalue weighted by Crippen LogP contribution is -2.33. The van der Waals surface area contributed by atoms with Crippen LogP contribution in [-0.4, -0.2) is 47.7 Å². The van der Waals surface area contributed by atoms with Crippen molar-refractivity contribution in [2.24, 2.45) is 0 Å². The van der Waals surface area contributed by atoms with Crippen molar-refractivity contribution in [2.45, 2.75) is 38.8 Å². The number of nitrogens with zero attached hydrogens (tertiary/aromatic N) is 3. The molecule has 1 aromatic carbocycles. The molecule has 2 N–H and O–H groups in total. The highest BCUT2D eigenvalue weighted by Crippen LogP contribution is 2.35. The first kappa shape index (κ1) is 25.0. The van der Waals surface area contributed by atoms with Crippen molar-refractivity contribution in [2.75, 3.05) is 31.6 Å². The van der Waals surface area contributed by atoms with Crippen LogP contribution in [-0.2, 0) is 4.74 Å². The van der Waals surface area contributed by atoms with Gasteiger partial charge in [0.2, 0.25) is 5.88 Å². The third-order valence-corrected chi connectivity index (χ3v) is 5.53. The summed E-state index contributed by atoms with van der Waals surface area (Å²) in [5.41, 5.74) is 0.0619. The van der Waals surface area contributed by atoms with E-state index in [2.05, 4.69) is 25.6 Å². The third-order valence-electron chi connectivity index (χ3n) is 5.53. The minimum atomic E-state index is -2.96. The summed E-state index contributed by atoms with van der Waals surface area (Å²) in [4.78, 5) is 13.0. The lowest BCUT2D eigenvalue weighted by molar-refractivity contribution is 0.0282. The van der Waals surface area contributed by atoms with Crippen LogP contribution in [0.15, 0.2) is 24.3 Å². The van der Waals surface area contributed by atoms with Crippen LogP contribution in [0.25, 0.3) is 11.0 Å². The Bertz CT molecular complexity index is 1190. The number of fused-ring (bicyclic) bond motifs is 1. The summed E-state index contributed by atoms with van der Waals surface area (Å²) in [7, 11) is 0. The highest BCUT2D eigenvalue weighted by molar-refractivity contribution is 5.91. The monoisotopic (exact) mass is 497 g/mol. The Labute approximate surface area is 198 Å². The van der Waals surface area contributed by atoms with Gasteiger partial charge in [-0.3, -0.25) is 0 Å². The summed E-state index contributed by atoms with van der Waals surface area (Å²) < 4.78 is 77.7. The van der Waals surface area contributed by atoms with Gasteiger partial charge >= 0.3 is 0 Å². The molecule has 1 fully saturated rings. The van der Waals surface area contributed by atoms with Gasteiger partial charge in [0, 0.05) is 30.3 Å². The number of aryl methyl sites for hydroxylation is 1. The molecule has 1 saturated heterocycles. The third kappa shape index (κ3) is 5.59. The highest BCUT2D eigenvalue weighted by Gasteiger charge is 2.26. The molecule has 35 heavy (non-hydrogen) atoms. The van der Waals surface area contributed by atoms with Gasteiger partial charge in [0.25, 0.3) is 12.9 Å². The summed E-state index contributed by atoms with van der Waals surface area (Å²) in [5, 5.41) is 6.72. The van der Waals surface area contributed by atoms with Crippen molar-refractivity contribution < 1.29 is 31.4 Å². The summed E-state index contributed by atoms with van der Waals surface area (Å²) in [6, 6.07) is 4.56. The first-order chi connectivity index (χ1) is 16.7. The summed E-state index contributed by atoms with van der Waals surface area (Å²) in [6.45, 7) is 3.88. The van der Waals surface area contributed by atoms with Crippen LogP contribution < -0.4 is 15.4 Å². The average Bonchev–Trinajstić information content (AvgIpc) is 2.82. The second-order valence-corrected chi connectivity index (χ2v) is 8.05. The molecule has 0 aliphatic carbocycles. The molecule has 0 spiro atoms. The standard InChI is InChI=1S/C23H24F5N5O2/c1-11(13-4-3-5-14(20(13)26)21(27)28)30-22-19-15(16-9-29-6-7-34-16)8-18(35-10-17(24)25)33-23(19)32-12(2)31-22/h3-5,8,11,16-17,21,29H,6-7,9-10H2,1-2H3,(H,30,31,32,33). The molecule has 3 heterocycles. The summed E-state index contributed by atoms with van der Waals surface area (Å²) in [6.07, 6.45) is -6.13. The number of benzene rings is 1. The van der Waals surface area contributed by atoms with Crippen molar-refractivity contribution in [3.63, 3.8) is 0 Å². The number of nitrogens with one attached hydrogen (secondary N) is 2. The molecule has 7 nitrogen and oxygen atoms in total. The van der Waals surface area contributed by atoms with Crippen LogP contribution in [0.4, 0.5) is 27.8 Å². The normalized spacial score (nSPS) is 17.2. The Kier molecular flexibility index (Phi) is 7.60. The van der Waals surface area contributed by atoms with Gasteiger partial charge in [-0.2, -0.15) is 4.98 Å². The van der Waals surface area contributed by atoms with Crippen LogP contribution >= 0.6 is 0 Å². The second kappa shape index (κ2) is 10.6. The van der Waals surface area contributed by atoms with E-state index >= 15 is 0 Å². The molecule has 1 aliphatic heterocycles. The Morgan fingerprint density at radius 2 is 1.94 bits per heavy atom. The van der Waals surface area contributed by atoms with Gasteiger partial charge in [-0.1, -0.05) is 18.2 Å². The fourth-order valence-electron chi connectivity index (χ4n) is 3.95. The van der Waals surface area contributed by atoms with E-state index < -0.39 is 43.0 Å². The number of aromatic nitrogens is 3. The molecule has 12 heteroatoms. The number of pyridine rings is 1. The Morgan fingerprint density at radius 1 is 1.17 bits per heavy atom. The zero-order valence-corrected chi connectivity index (χ0v) is 19.0. The minimum Gasteiger partial charge on any atom is -0.472 e. The number of halogens is 5. The number of hydrogen-bond acceptors (Lipinski definition) is 7. The molecule has 2 unspecified atom stereocenters. The van der Waals surface area contributed by atoms with E-state index in [1.165, 1.54) is 18.2 Å². The molecule has 0 bridgehead atoms. The zero-order valence-electron chi connectivity index (χ0n) is 19.0. The molecule has 4 rings (SSSR count). The summed E-state index contributed by atoms with van der Waals surface area (Å²) in [5.74, 6) is -0.465. The van der Waals surface area contributed by atoms with Gasteiger partial charge in [0.1, 0.15) is 17.5 Å². The number of ether oxygens (including phenoxy) is 2. The number of hydrogen-bond donors (Lipinski definition) is 2. The molecule has 1 aliphatic rings. The molecular formula is C23H24F5N5O2.